The molecule has 0 aromatic carbocycles. The molecule has 3 N–H and O–H groups in total. The minimum absolute atomic E-state index is 0.824. The normalized spacial score (nSPS) is 19.7. The van der Waals surface area contributed by atoms with Gasteiger partial charge in [-0.15, -0.1) is 0 Å². The van der Waals surface area contributed by atoms with Gasteiger partial charge in [-0.1, -0.05) is 0 Å². The molecular formula is C6H14N2S. The van der Waals surface area contributed by atoms with Crippen LogP contribution < -0.4 is 11.1 Å². The molecule has 0 saturated carbocycles. The van der Waals surface area contributed by atoms with Crippen molar-refractivity contribution in [2.45, 2.75) is 0 Å². The van der Waals surface area contributed by atoms with Crippen LogP contribution >= 0.6 is 11.8 Å². The molecule has 0 radical (unpaired) electrons. The third-order valence-electron chi connectivity index (χ3n) is 1.48. The van der Waals surface area contributed by atoms with Crippen LogP contribution in [-0.2, 0) is 0 Å². The average Bonchev–Trinajstić information content (AvgIpc) is 1.76. The molecule has 1 saturated heterocycles. The molecule has 0 spiro atoms. The second-order valence-corrected chi connectivity index (χ2v) is 3.54. The molecule has 1 aliphatic heterocycles. The van der Waals surface area contributed by atoms with E-state index >= 15 is 0 Å². The minimum atomic E-state index is 0.824. The molecule has 0 amide bonds. The molecule has 2 nitrogen and oxygen atoms in total. The van der Waals surface area contributed by atoms with Crippen molar-refractivity contribution in [1.82, 2.24) is 5.32 Å². The van der Waals surface area contributed by atoms with Gasteiger partial charge in [-0.25, -0.2) is 0 Å². The lowest BCUT2D eigenvalue weighted by Crippen LogP contribution is -2.43. The summed E-state index contributed by atoms with van der Waals surface area (Å²) in [6.07, 6.45) is 0. The van der Waals surface area contributed by atoms with Gasteiger partial charge in [0.05, 0.1) is 0 Å². The monoisotopic (exact) mass is 146 g/mol. The van der Waals surface area contributed by atoms with E-state index in [-0.39, 0.29) is 0 Å². The summed E-state index contributed by atoms with van der Waals surface area (Å²) in [7, 11) is 0. The van der Waals surface area contributed by atoms with Crippen molar-refractivity contribution in [3.63, 3.8) is 0 Å². The molecular weight excluding hydrogens is 132 g/mol. The van der Waals surface area contributed by atoms with Crippen molar-refractivity contribution >= 4 is 11.8 Å². The highest BCUT2D eigenvalue weighted by Crippen LogP contribution is 2.10. The fourth-order valence-electron chi connectivity index (χ4n) is 0.800. The third-order valence-corrected chi connectivity index (χ3v) is 2.71. The van der Waals surface area contributed by atoms with E-state index in [0.717, 1.165) is 18.2 Å². The van der Waals surface area contributed by atoms with Crippen LogP contribution in [0.1, 0.15) is 0 Å². The maximum atomic E-state index is 5.34. The first kappa shape index (κ1) is 7.38. The molecule has 0 unspecified atom stereocenters. The van der Waals surface area contributed by atoms with Crippen molar-refractivity contribution in [3.05, 3.63) is 0 Å². The van der Waals surface area contributed by atoms with Crippen LogP contribution in [0, 0.1) is 5.92 Å². The minimum Gasteiger partial charge on any atom is -0.330 e. The first-order chi connectivity index (χ1) is 4.43. The van der Waals surface area contributed by atoms with Gasteiger partial charge < -0.3 is 11.1 Å². The number of hydrogen-bond donors (Lipinski definition) is 2. The van der Waals surface area contributed by atoms with Crippen LogP contribution in [0.15, 0.2) is 0 Å². The topological polar surface area (TPSA) is 38.0 Å². The molecule has 1 rings (SSSR count). The third kappa shape index (κ3) is 2.56. The van der Waals surface area contributed by atoms with E-state index in [2.05, 4.69) is 5.32 Å². The fourth-order valence-corrected chi connectivity index (χ4v) is 1.70. The molecule has 1 fully saturated rings. The lowest BCUT2D eigenvalue weighted by atomic mass is 10.1. The Kier molecular flexibility index (Phi) is 3.40. The predicted molar refractivity (Wildman–Crippen MR) is 42.7 cm³/mol. The Morgan fingerprint density at radius 3 is 2.78 bits per heavy atom. The summed E-state index contributed by atoms with van der Waals surface area (Å²) in [5.41, 5.74) is 5.34. The van der Waals surface area contributed by atoms with Gasteiger partial charge in [-0.3, -0.25) is 0 Å². The lowest BCUT2D eigenvalue weighted by molar-refractivity contribution is 0.385. The smallest absolute Gasteiger partial charge is 0.00559 e. The van der Waals surface area contributed by atoms with E-state index in [0.29, 0.717) is 0 Å². The number of hydrogen-bond acceptors (Lipinski definition) is 3. The van der Waals surface area contributed by atoms with E-state index in [9.17, 15) is 0 Å². The number of rotatable bonds is 4. The molecule has 1 aliphatic rings. The van der Waals surface area contributed by atoms with Gasteiger partial charge in [-0.2, -0.15) is 11.8 Å². The van der Waals surface area contributed by atoms with Crippen LogP contribution in [0.4, 0.5) is 0 Å². The van der Waals surface area contributed by atoms with E-state index in [1.165, 1.54) is 18.8 Å². The second-order valence-electron chi connectivity index (χ2n) is 2.39. The van der Waals surface area contributed by atoms with Gasteiger partial charge in [0.25, 0.3) is 0 Å². The fraction of sp³-hybridized carbons (Fsp3) is 1.00. The van der Waals surface area contributed by atoms with Crippen molar-refractivity contribution < 1.29 is 0 Å². The van der Waals surface area contributed by atoms with Gasteiger partial charge in [0.15, 0.2) is 0 Å². The van der Waals surface area contributed by atoms with Crippen molar-refractivity contribution in [2.75, 3.05) is 31.1 Å². The van der Waals surface area contributed by atoms with Crippen molar-refractivity contribution in [3.8, 4) is 0 Å². The van der Waals surface area contributed by atoms with Crippen LogP contribution in [0.3, 0.4) is 0 Å². The number of nitrogens with two attached hydrogens (primary N) is 1. The largest absolute Gasteiger partial charge is 0.330 e. The molecule has 0 bridgehead atoms. The Hall–Kier alpha value is 0.270. The van der Waals surface area contributed by atoms with E-state index < -0.39 is 0 Å². The standard InChI is InChI=1S/C6H14N2S/c7-1-2-9-5-6-3-8-4-6/h6,8H,1-5,7H2. The molecule has 0 aromatic heterocycles. The SMILES string of the molecule is NCCSCC1CNC1. The van der Waals surface area contributed by atoms with Crippen LogP contribution in [0.25, 0.3) is 0 Å². The average molecular weight is 146 g/mol. The zero-order valence-corrected chi connectivity index (χ0v) is 6.41. The summed E-state index contributed by atoms with van der Waals surface area (Å²) in [6.45, 7) is 3.26. The van der Waals surface area contributed by atoms with E-state index in [1.807, 2.05) is 11.8 Å². The summed E-state index contributed by atoms with van der Waals surface area (Å²) < 4.78 is 0. The van der Waals surface area contributed by atoms with E-state index in [1.54, 1.807) is 0 Å². The summed E-state index contributed by atoms with van der Waals surface area (Å²) in [5.74, 6) is 3.35. The Labute approximate surface area is 60.6 Å². The number of thioether (sulfide) groups is 1. The molecule has 0 atom stereocenters. The number of nitrogens with one attached hydrogen (secondary N) is 1. The van der Waals surface area contributed by atoms with Gasteiger partial charge in [0.2, 0.25) is 0 Å². The van der Waals surface area contributed by atoms with E-state index in [4.69, 9.17) is 5.73 Å². The molecule has 9 heavy (non-hydrogen) atoms. The zero-order valence-electron chi connectivity index (χ0n) is 5.60. The summed E-state index contributed by atoms with van der Waals surface area (Å²) in [5, 5.41) is 3.24. The first-order valence-corrected chi connectivity index (χ1v) is 4.57. The molecule has 1 heterocycles. The maximum absolute atomic E-state index is 5.34. The Morgan fingerprint density at radius 2 is 2.33 bits per heavy atom. The highest BCUT2D eigenvalue weighted by Gasteiger charge is 2.15. The summed E-state index contributed by atoms with van der Waals surface area (Å²) >= 11 is 1.97. The van der Waals surface area contributed by atoms with Crippen LogP contribution in [0.5, 0.6) is 0 Å². The Bertz CT molecular complexity index is 73.5. The van der Waals surface area contributed by atoms with Gasteiger partial charge in [0.1, 0.15) is 0 Å². The highest BCUT2D eigenvalue weighted by molar-refractivity contribution is 7.99. The summed E-state index contributed by atoms with van der Waals surface area (Å²) in [4.78, 5) is 0. The molecule has 0 aliphatic carbocycles. The summed E-state index contributed by atoms with van der Waals surface area (Å²) in [6, 6.07) is 0. The maximum Gasteiger partial charge on any atom is 0.00559 e. The quantitative estimate of drug-likeness (QED) is 0.544. The second kappa shape index (κ2) is 4.14. The molecule has 0 aromatic rings. The molecule has 54 valence electrons. The van der Waals surface area contributed by atoms with Crippen molar-refractivity contribution in [1.29, 1.82) is 0 Å². The van der Waals surface area contributed by atoms with Crippen molar-refractivity contribution in [2.24, 2.45) is 11.7 Å². The first-order valence-electron chi connectivity index (χ1n) is 3.42. The van der Waals surface area contributed by atoms with Gasteiger partial charge in [-0.05, 0) is 24.8 Å². The van der Waals surface area contributed by atoms with Crippen LogP contribution in [0.2, 0.25) is 0 Å². The van der Waals surface area contributed by atoms with Gasteiger partial charge in [0, 0.05) is 12.3 Å². The Morgan fingerprint density at radius 1 is 1.56 bits per heavy atom. The Balaban J connectivity index is 1.80. The van der Waals surface area contributed by atoms with Crippen LogP contribution in [-0.4, -0.2) is 31.1 Å². The highest BCUT2D eigenvalue weighted by atomic mass is 32.2. The van der Waals surface area contributed by atoms with Gasteiger partial charge >= 0.3 is 0 Å². The molecule has 3 heteroatoms. The lowest BCUT2D eigenvalue weighted by Gasteiger charge is -2.26. The zero-order chi connectivity index (χ0) is 6.53. The predicted octanol–water partition coefficient (Wildman–Crippen LogP) is -0.102.